The molecule has 1 aromatic rings. The first-order valence-electron chi connectivity index (χ1n) is 5.44. The van der Waals surface area contributed by atoms with Gasteiger partial charge >= 0.3 is 5.97 Å². The Morgan fingerprint density at radius 1 is 1.47 bits per heavy atom. The molecule has 19 heavy (non-hydrogen) atoms. The van der Waals surface area contributed by atoms with Gasteiger partial charge in [-0.25, -0.2) is 0 Å². The fraction of sp³-hybridized carbons (Fsp3) is 0.308. The number of hydrogen-bond acceptors (Lipinski definition) is 4. The number of nitriles is 1. The molecule has 0 aliphatic heterocycles. The molecule has 5 nitrogen and oxygen atoms in total. The van der Waals surface area contributed by atoms with Crippen LogP contribution in [0.1, 0.15) is 25.8 Å². The molecule has 0 bridgehead atoms. The molecule has 0 amide bonds. The molecule has 0 spiro atoms. The average molecular weight is 375 g/mol. The third-order valence-corrected chi connectivity index (χ3v) is 2.44. The highest BCUT2D eigenvalue weighted by atomic mass is 127. The summed E-state index contributed by atoms with van der Waals surface area (Å²) in [6, 6.07) is 7.60. The molecule has 1 N–H and O–H groups in total. The number of carboxylic acids is 1. The molecule has 0 saturated heterocycles. The molecule has 0 radical (unpaired) electrons. The quantitative estimate of drug-likeness (QED) is 0.646. The minimum Gasteiger partial charge on any atom is -0.492 e. The second kappa shape index (κ2) is 9.33. The van der Waals surface area contributed by atoms with Crippen molar-refractivity contribution in [3.63, 3.8) is 0 Å². The van der Waals surface area contributed by atoms with E-state index in [4.69, 9.17) is 15.1 Å². The number of rotatable bonds is 4. The van der Waals surface area contributed by atoms with E-state index in [-0.39, 0.29) is 12.2 Å². The minimum atomic E-state index is -1.06. The first-order valence-corrected chi connectivity index (χ1v) is 6.52. The SMILES string of the molecule is CC(=O)CC(=O)O.CCOc1cc(I)ccc1C#N. The van der Waals surface area contributed by atoms with Crippen LogP contribution in [0.25, 0.3) is 0 Å². The van der Waals surface area contributed by atoms with Gasteiger partial charge in [0.1, 0.15) is 24.0 Å². The highest BCUT2D eigenvalue weighted by Gasteiger charge is 2.01. The van der Waals surface area contributed by atoms with Crippen LogP contribution >= 0.6 is 22.6 Å². The van der Waals surface area contributed by atoms with Crippen LogP contribution in [-0.4, -0.2) is 23.5 Å². The van der Waals surface area contributed by atoms with Gasteiger partial charge in [-0.15, -0.1) is 0 Å². The van der Waals surface area contributed by atoms with Crippen molar-refractivity contribution in [3.05, 3.63) is 27.3 Å². The summed E-state index contributed by atoms with van der Waals surface area (Å²) >= 11 is 2.19. The Morgan fingerprint density at radius 3 is 2.47 bits per heavy atom. The highest BCUT2D eigenvalue weighted by Crippen LogP contribution is 2.20. The lowest BCUT2D eigenvalue weighted by Crippen LogP contribution is -2.00. The van der Waals surface area contributed by atoms with Crippen molar-refractivity contribution >= 4 is 34.3 Å². The molecule has 0 aliphatic rings. The zero-order valence-electron chi connectivity index (χ0n) is 10.6. The molecule has 1 rings (SSSR count). The number of benzene rings is 1. The van der Waals surface area contributed by atoms with Gasteiger partial charge in [-0.2, -0.15) is 5.26 Å². The predicted molar refractivity (Wildman–Crippen MR) is 78.0 cm³/mol. The van der Waals surface area contributed by atoms with E-state index in [1.54, 1.807) is 6.07 Å². The Kier molecular flexibility index (Phi) is 8.53. The van der Waals surface area contributed by atoms with E-state index in [0.29, 0.717) is 17.9 Å². The van der Waals surface area contributed by atoms with E-state index < -0.39 is 5.97 Å². The zero-order valence-corrected chi connectivity index (χ0v) is 12.8. The summed E-state index contributed by atoms with van der Waals surface area (Å²) in [6.07, 6.45) is -0.361. The summed E-state index contributed by atoms with van der Waals surface area (Å²) in [5.41, 5.74) is 0.595. The first-order chi connectivity index (χ1) is 8.90. The monoisotopic (exact) mass is 375 g/mol. The van der Waals surface area contributed by atoms with Crippen molar-refractivity contribution in [2.24, 2.45) is 0 Å². The lowest BCUT2D eigenvalue weighted by atomic mass is 10.2. The lowest BCUT2D eigenvalue weighted by Gasteiger charge is -2.04. The number of carbonyl (C=O) groups is 2. The van der Waals surface area contributed by atoms with Gasteiger partial charge in [-0.1, -0.05) is 0 Å². The topological polar surface area (TPSA) is 87.4 Å². The molecule has 0 unspecified atom stereocenters. The molecular weight excluding hydrogens is 361 g/mol. The Bertz CT molecular complexity index is 482. The second-order valence-corrected chi connectivity index (χ2v) is 4.70. The van der Waals surface area contributed by atoms with Gasteiger partial charge in [0.05, 0.1) is 12.2 Å². The van der Waals surface area contributed by atoms with Crippen LogP contribution in [0.15, 0.2) is 18.2 Å². The summed E-state index contributed by atoms with van der Waals surface area (Å²) in [7, 11) is 0. The Labute approximate surface area is 125 Å². The molecule has 0 saturated carbocycles. The van der Waals surface area contributed by atoms with Crippen LogP contribution in [0, 0.1) is 14.9 Å². The molecule has 0 atom stereocenters. The van der Waals surface area contributed by atoms with Gasteiger partial charge in [-0.05, 0) is 54.6 Å². The zero-order chi connectivity index (χ0) is 14.8. The number of Topliss-reactive ketones (excluding diaryl/α,β-unsaturated/α-hetero) is 1. The number of carboxylic acid groups (broad SMARTS) is 1. The maximum Gasteiger partial charge on any atom is 0.310 e. The molecule has 1 aromatic carbocycles. The van der Waals surface area contributed by atoms with Crippen LogP contribution < -0.4 is 4.74 Å². The molecule has 102 valence electrons. The molecule has 0 fully saturated rings. The van der Waals surface area contributed by atoms with Gasteiger partial charge in [0.2, 0.25) is 0 Å². The third kappa shape index (κ3) is 8.15. The summed E-state index contributed by atoms with van der Waals surface area (Å²) < 4.78 is 6.36. The molecule has 0 aromatic heterocycles. The van der Waals surface area contributed by atoms with E-state index in [1.165, 1.54) is 6.92 Å². The maximum atomic E-state index is 9.87. The number of ketones is 1. The number of nitrogens with zero attached hydrogens (tertiary/aromatic N) is 1. The van der Waals surface area contributed by atoms with Crippen molar-refractivity contribution in [1.82, 2.24) is 0 Å². The molecule has 6 heteroatoms. The molecule has 0 aliphatic carbocycles. The largest absolute Gasteiger partial charge is 0.492 e. The van der Waals surface area contributed by atoms with Crippen molar-refractivity contribution in [2.75, 3.05) is 6.61 Å². The predicted octanol–water partition coefficient (Wildman–Crippen LogP) is 2.61. The average Bonchev–Trinajstić information content (AvgIpc) is 2.28. The Hall–Kier alpha value is -1.62. The number of hydrogen-bond donors (Lipinski definition) is 1. The van der Waals surface area contributed by atoms with Gasteiger partial charge in [0.25, 0.3) is 0 Å². The van der Waals surface area contributed by atoms with E-state index in [2.05, 4.69) is 28.7 Å². The van der Waals surface area contributed by atoms with Gasteiger partial charge in [0.15, 0.2) is 0 Å². The third-order valence-electron chi connectivity index (χ3n) is 1.76. The molecular formula is C13H14INO4. The van der Waals surface area contributed by atoms with Gasteiger partial charge < -0.3 is 9.84 Å². The fourth-order valence-electron chi connectivity index (χ4n) is 1.08. The Balaban J connectivity index is 0.000000399. The van der Waals surface area contributed by atoms with Crippen LogP contribution in [0.5, 0.6) is 5.75 Å². The van der Waals surface area contributed by atoms with Crippen LogP contribution in [0.3, 0.4) is 0 Å². The van der Waals surface area contributed by atoms with Crippen LogP contribution in [-0.2, 0) is 9.59 Å². The van der Waals surface area contributed by atoms with Crippen molar-refractivity contribution in [3.8, 4) is 11.8 Å². The van der Waals surface area contributed by atoms with E-state index in [0.717, 1.165) is 3.57 Å². The van der Waals surface area contributed by atoms with E-state index in [1.807, 2.05) is 19.1 Å². The minimum absolute atomic E-state index is 0.312. The highest BCUT2D eigenvalue weighted by molar-refractivity contribution is 14.1. The van der Waals surface area contributed by atoms with E-state index in [9.17, 15) is 9.59 Å². The summed E-state index contributed by atoms with van der Waals surface area (Å²) in [4.78, 5) is 19.5. The van der Waals surface area contributed by atoms with Crippen LogP contribution in [0.2, 0.25) is 0 Å². The Morgan fingerprint density at radius 2 is 2.11 bits per heavy atom. The number of halogens is 1. The summed E-state index contributed by atoms with van der Waals surface area (Å²) in [6.45, 7) is 3.74. The van der Waals surface area contributed by atoms with Crippen molar-refractivity contribution in [2.45, 2.75) is 20.3 Å². The standard InChI is InChI=1S/C9H8INO.C4H6O3/c1-2-12-9-5-8(10)4-3-7(9)6-11;1-3(5)2-4(6)7/h3-5H,2H2,1H3;2H2,1H3,(H,6,7). The van der Waals surface area contributed by atoms with Crippen molar-refractivity contribution < 1.29 is 19.4 Å². The molecule has 0 heterocycles. The van der Waals surface area contributed by atoms with E-state index >= 15 is 0 Å². The maximum absolute atomic E-state index is 9.87. The lowest BCUT2D eigenvalue weighted by molar-refractivity contribution is -0.139. The normalized spacial score (nSPS) is 8.74. The number of aliphatic carboxylic acids is 1. The summed E-state index contributed by atoms with van der Waals surface area (Å²) in [5.74, 6) is -0.702. The van der Waals surface area contributed by atoms with Gasteiger partial charge in [-0.3, -0.25) is 9.59 Å². The van der Waals surface area contributed by atoms with Crippen molar-refractivity contribution in [1.29, 1.82) is 5.26 Å². The smallest absolute Gasteiger partial charge is 0.310 e. The fourth-order valence-corrected chi connectivity index (χ4v) is 1.54. The number of carbonyl (C=O) groups excluding carboxylic acids is 1. The van der Waals surface area contributed by atoms with Crippen LogP contribution in [0.4, 0.5) is 0 Å². The summed E-state index contributed by atoms with van der Waals surface area (Å²) in [5, 5.41) is 16.6. The first kappa shape index (κ1) is 17.4. The second-order valence-electron chi connectivity index (χ2n) is 3.46. The van der Waals surface area contributed by atoms with Gasteiger partial charge in [0, 0.05) is 3.57 Å². The number of ether oxygens (including phenoxy) is 1.